The lowest BCUT2D eigenvalue weighted by Crippen LogP contribution is -2.48. The van der Waals surface area contributed by atoms with Crippen molar-refractivity contribution in [3.8, 4) is 0 Å². The number of fused-ring (bicyclic) bond motifs is 1. The molecule has 130 valence electrons. The molecule has 1 aromatic carbocycles. The van der Waals surface area contributed by atoms with E-state index in [1.165, 1.54) is 23.7 Å². The number of hydrogen-bond acceptors (Lipinski definition) is 3. The van der Waals surface area contributed by atoms with Crippen LogP contribution in [-0.4, -0.2) is 28.8 Å². The van der Waals surface area contributed by atoms with Crippen LogP contribution in [0.15, 0.2) is 47.3 Å². The van der Waals surface area contributed by atoms with Gasteiger partial charge in [-0.2, -0.15) is 0 Å². The maximum Gasteiger partial charge on any atom is 0.255 e. The minimum atomic E-state index is -0.559. The first kappa shape index (κ1) is 15.9. The van der Waals surface area contributed by atoms with Gasteiger partial charge in [0.05, 0.1) is 17.9 Å². The predicted octanol–water partition coefficient (Wildman–Crippen LogP) is 3.08. The van der Waals surface area contributed by atoms with Gasteiger partial charge < -0.3 is 14.6 Å². The molecule has 5 heteroatoms. The van der Waals surface area contributed by atoms with Crippen molar-refractivity contribution in [1.82, 2.24) is 10.2 Å². The van der Waals surface area contributed by atoms with Crippen LogP contribution in [0.25, 0.3) is 0 Å². The van der Waals surface area contributed by atoms with Gasteiger partial charge in [-0.25, -0.2) is 0 Å². The Morgan fingerprint density at radius 3 is 2.72 bits per heavy atom. The van der Waals surface area contributed by atoms with Gasteiger partial charge in [0.15, 0.2) is 0 Å². The number of carbonyl (C=O) groups excluding carboxylic acids is 2. The lowest BCUT2D eigenvalue weighted by Gasteiger charge is -2.32. The van der Waals surface area contributed by atoms with E-state index in [2.05, 4.69) is 23.5 Å². The largest absolute Gasteiger partial charge is 0.472 e. The van der Waals surface area contributed by atoms with Crippen molar-refractivity contribution in [3.05, 3.63) is 59.5 Å². The summed E-state index contributed by atoms with van der Waals surface area (Å²) < 4.78 is 4.94. The van der Waals surface area contributed by atoms with Gasteiger partial charge >= 0.3 is 0 Å². The molecule has 2 aliphatic rings. The third-order valence-electron chi connectivity index (χ3n) is 5.13. The molecule has 0 spiro atoms. The van der Waals surface area contributed by atoms with E-state index in [9.17, 15) is 9.59 Å². The number of hydrogen-bond donors (Lipinski definition) is 1. The monoisotopic (exact) mass is 338 g/mol. The minimum absolute atomic E-state index is 0.000970. The predicted molar refractivity (Wildman–Crippen MR) is 93.0 cm³/mol. The highest BCUT2D eigenvalue weighted by atomic mass is 16.3. The number of benzene rings is 1. The molecule has 1 fully saturated rings. The summed E-state index contributed by atoms with van der Waals surface area (Å²) in [5, 5.41) is 2.80. The van der Waals surface area contributed by atoms with Crippen LogP contribution < -0.4 is 5.32 Å². The fourth-order valence-electron chi connectivity index (χ4n) is 3.72. The topological polar surface area (TPSA) is 62.6 Å². The average molecular weight is 338 g/mol. The van der Waals surface area contributed by atoms with Crippen molar-refractivity contribution in [2.75, 3.05) is 0 Å². The van der Waals surface area contributed by atoms with Crippen LogP contribution in [0.3, 0.4) is 0 Å². The summed E-state index contributed by atoms with van der Waals surface area (Å²) in [5.41, 5.74) is 3.03. The van der Waals surface area contributed by atoms with E-state index in [0.29, 0.717) is 11.6 Å². The molecule has 0 saturated heterocycles. The molecule has 0 aliphatic heterocycles. The lowest BCUT2D eigenvalue weighted by atomic mass is 10.1. The number of nitrogens with one attached hydrogen (secondary N) is 1. The summed E-state index contributed by atoms with van der Waals surface area (Å²) in [7, 11) is 0. The molecule has 1 N–H and O–H groups in total. The van der Waals surface area contributed by atoms with Crippen molar-refractivity contribution >= 4 is 11.8 Å². The van der Waals surface area contributed by atoms with E-state index in [0.717, 1.165) is 25.7 Å². The average Bonchev–Trinajstić information content (AvgIpc) is 3.12. The molecule has 2 aromatic rings. The Kier molecular flexibility index (Phi) is 4.07. The second-order valence-electron chi connectivity index (χ2n) is 6.94. The van der Waals surface area contributed by atoms with Gasteiger partial charge in [-0.3, -0.25) is 9.59 Å². The van der Waals surface area contributed by atoms with Gasteiger partial charge in [0, 0.05) is 6.04 Å². The van der Waals surface area contributed by atoms with Crippen molar-refractivity contribution in [1.29, 1.82) is 0 Å². The van der Waals surface area contributed by atoms with Crippen molar-refractivity contribution in [2.24, 2.45) is 0 Å². The lowest BCUT2D eigenvalue weighted by molar-refractivity contribution is -0.136. The highest BCUT2D eigenvalue weighted by Gasteiger charge is 2.41. The summed E-state index contributed by atoms with van der Waals surface area (Å²) in [6.07, 6.45) is 6.91. The standard InChI is InChI=1S/C20H22N2O3/c1-13(21-19(23)15-10-11-25-12-15)20(24)22(16-7-8-16)18-9-6-14-4-2-3-5-17(14)18/h2-5,10-13,16,18H,6-9H2,1H3,(H,21,23). The van der Waals surface area contributed by atoms with E-state index in [-0.39, 0.29) is 17.9 Å². The Balaban J connectivity index is 1.51. The molecule has 1 saturated carbocycles. The number of furan rings is 1. The Hall–Kier alpha value is -2.56. The quantitative estimate of drug-likeness (QED) is 0.911. The van der Waals surface area contributed by atoms with E-state index < -0.39 is 6.04 Å². The van der Waals surface area contributed by atoms with Crippen molar-refractivity contribution in [3.63, 3.8) is 0 Å². The molecule has 0 radical (unpaired) electrons. The van der Waals surface area contributed by atoms with Crippen molar-refractivity contribution < 1.29 is 14.0 Å². The SMILES string of the molecule is CC(NC(=O)c1ccoc1)C(=O)N(C1CC1)C1CCc2ccccc21. The van der Waals surface area contributed by atoms with E-state index in [1.807, 2.05) is 11.0 Å². The summed E-state index contributed by atoms with van der Waals surface area (Å²) in [4.78, 5) is 27.3. The summed E-state index contributed by atoms with van der Waals surface area (Å²) >= 11 is 0. The zero-order chi connectivity index (χ0) is 17.4. The smallest absolute Gasteiger partial charge is 0.255 e. The Bertz CT molecular complexity index is 780. The molecule has 2 aliphatic carbocycles. The number of amides is 2. The van der Waals surface area contributed by atoms with E-state index >= 15 is 0 Å². The first-order valence-electron chi connectivity index (χ1n) is 8.88. The molecule has 2 atom stereocenters. The van der Waals surface area contributed by atoms with Gasteiger partial charge in [-0.05, 0) is 49.8 Å². The van der Waals surface area contributed by atoms with Crippen LogP contribution in [0.1, 0.15) is 53.7 Å². The van der Waals surface area contributed by atoms with Crippen LogP contribution in [0, 0.1) is 0 Å². The van der Waals surface area contributed by atoms with Gasteiger partial charge in [-0.15, -0.1) is 0 Å². The molecule has 1 aromatic heterocycles. The van der Waals surface area contributed by atoms with Gasteiger partial charge in [0.2, 0.25) is 5.91 Å². The molecular formula is C20H22N2O3. The maximum absolute atomic E-state index is 13.1. The molecule has 2 unspecified atom stereocenters. The highest BCUT2D eigenvalue weighted by molar-refractivity contribution is 5.97. The van der Waals surface area contributed by atoms with Crippen molar-refractivity contribution in [2.45, 2.75) is 50.7 Å². The summed E-state index contributed by atoms with van der Waals surface area (Å²) in [5.74, 6) is -0.279. The third-order valence-corrected chi connectivity index (χ3v) is 5.13. The molecule has 0 bridgehead atoms. The highest BCUT2D eigenvalue weighted by Crippen LogP contribution is 2.42. The number of nitrogens with zero attached hydrogens (tertiary/aromatic N) is 1. The maximum atomic E-state index is 13.1. The zero-order valence-electron chi connectivity index (χ0n) is 14.3. The molecule has 25 heavy (non-hydrogen) atoms. The fourth-order valence-corrected chi connectivity index (χ4v) is 3.72. The number of carbonyl (C=O) groups is 2. The van der Waals surface area contributed by atoms with Gasteiger partial charge in [-0.1, -0.05) is 24.3 Å². The van der Waals surface area contributed by atoms with E-state index in [4.69, 9.17) is 4.42 Å². The first-order valence-corrected chi connectivity index (χ1v) is 8.88. The molecule has 1 heterocycles. The summed E-state index contributed by atoms with van der Waals surface area (Å²) in [6, 6.07) is 9.84. The Labute approximate surface area is 147 Å². The van der Waals surface area contributed by atoms with Crippen LogP contribution >= 0.6 is 0 Å². The molecule has 4 rings (SSSR count). The van der Waals surface area contributed by atoms with Gasteiger partial charge in [0.25, 0.3) is 5.91 Å². The van der Waals surface area contributed by atoms with Crippen LogP contribution in [0.2, 0.25) is 0 Å². The Morgan fingerprint density at radius 1 is 1.20 bits per heavy atom. The number of rotatable bonds is 5. The normalized spacial score (nSPS) is 20.0. The van der Waals surface area contributed by atoms with Crippen LogP contribution in [0.4, 0.5) is 0 Å². The molecular weight excluding hydrogens is 316 g/mol. The van der Waals surface area contributed by atoms with Crippen LogP contribution in [0.5, 0.6) is 0 Å². The molecule has 2 amide bonds. The second kappa shape index (κ2) is 6.39. The fraction of sp³-hybridized carbons (Fsp3) is 0.400. The minimum Gasteiger partial charge on any atom is -0.472 e. The molecule has 5 nitrogen and oxygen atoms in total. The zero-order valence-corrected chi connectivity index (χ0v) is 14.3. The first-order chi connectivity index (χ1) is 12.1. The third kappa shape index (κ3) is 3.06. The van der Waals surface area contributed by atoms with E-state index in [1.54, 1.807) is 13.0 Å². The second-order valence-corrected chi connectivity index (χ2v) is 6.94. The number of aryl methyl sites for hydroxylation is 1. The summed E-state index contributed by atoms with van der Waals surface area (Å²) in [6.45, 7) is 1.76. The van der Waals surface area contributed by atoms with Crippen LogP contribution in [-0.2, 0) is 11.2 Å². The van der Waals surface area contributed by atoms with Gasteiger partial charge in [0.1, 0.15) is 12.3 Å². The Morgan fingerprint density at radius 2 is 2.00 bits per heavy atom.